The third kappa shape index (κ3) is 3.52. The van der Waals surface area contributed by atoms with Crippen LogP contribution < -0.4 is 0 Å². The van der Waals surface area contributed by atoms with Crippen LogP contribution >= 0.6 is 0 Å². The molecule has 1 heterocycles. The molecule has 106 valence electrons. The second-order valence-corrected chi connectivity index (χ2v) is 9.40. The van der Waals surface area contributed by atoms with Crippen molar-refractivity contribution in [2.24, 2.45) is 4.36 Å². The van der Waals surface area contributed by atoms with Crippen molar-refractivity contribution in [2.75, 3.05) is 12.5 Å². The summed E-state index contributed by atoms with van der Waals surface area (Å²) in [5.74, 6) is 0. The predicted molar refractivity (Wildman–Crippen MR) is 67.5 cm³/mol. The molecule has 0 fully saturated rings. The van der Waals surface area contributed by atoms with Crippen LogP contribution in [0.2, 0.25) is 0 Å². The lowest BCUT2D eigenvalue weighted by molar-refractivity contribution is -0.141. The lowest BCUT2D eigenvalue weighted by atomic mass is 10.2. The first-order valence-corrected chi connectivity index (χ1v) is 8.06. The molecule has 1 rings (SSSR count). The number of hydrogen-bond donors (Lipinski definition) is 1. The standard InChI is InChI=1S/C11H14F3N3OS/c1-8(19(2,3,18)17-7-15)9-4-5-10(16-6-9)11(12,13)14/h4-6,8H,1-3H3,(H,17,18)/t8-/m1/s1. The average molecular weight is 293 g/mol. The fourth-order valence-corrected chi connectivity index (χ4v) is 2.74. The maximum atomic E-state index is 12.4. The first-order valence-electron chi connectivity index (χ1n) is 5.23. The summed E-state index contributed by atoms with van der Waals surface area (Å²) in [5.41, 5.74) is -0.593. The fourth-order valence-electron chi connectivity index (χ4n) is 1.41. The van der Waals surface area contributed by atoms with Gasteiger partial charge in [-0.2, -0.15) is 18.4 Å². The van der Waals surface area contributed by atoms with Crippen LogP contribution in [-0.4, -0.2) is 22.0 Å². The minimum Gasteiger partial charge on any atom is -0.341 e. The molecule has 0 aliphatic rings. The number of nitrogens with zero attached hydrogens (tertiary/aromatic N) is 3. The molecule has 0 spiro atoms. The van der Waals surface area contributed by atoms with E-state index in [1.807, 2.05) is 0 Å². The molecule has 4 nitrogen and oxygen atoms in total. The number of pyridine rings is 1. The highest BCUT2D eigenvalue weighted by atomic mass is 32.3. The number of rotatable bonds is 2. The van der Waals surface area contributed by atoms with E-state index in [1.165, 1.54) is 18.6 Å². The molecule has 1 atom stereocenters. The van der Waals surface area contributed by atoms with Crippen molar-refractivity contribution < 1.29 is 17.7 Å². The van der Waals surface area contributed by atoms with Crippen molar-refractivity contribution in [1.29, 1.82) is 5.26 Å². The van der Waals surface area contributed by atoms with E-state index in [0.29, 0.717) is 5.56 Å². The van der Waals surface area contributed by atoms with Gasteiger partial charge in [-0.15, -0.1) is 4.36 Å². The van der Waals surface area contributed by atoms with Crippen LogP contribution in [0.25, 0.3) is 0 Å². The summed E-state index contributed by atoms with van der Waals surface area (Å²) in [5, 5.41) is 8.01. The van der Waals surface area contributed by atoms with Crippen molar-refractivity contribution in [3.63, 3.8) is 0 Å². The van der Waals surface area contributed by atoms with Gasteiger partial charge in [0.05, 0.1) is 0 Å². The van der Waals surface area contributed by atoms with Gasteiger partial charge in [-0.25, -0.2) is 0 Å². The minimum atomic E-state index is -4.50. The Morgan fingerprint density at radius 2 is 2.00 bits per heavy atom. The average Bonchev–Trinajstić information content (AvgIpc) is 2.26. The number of alkyl halides is 3. The molecule has 19 heavy (non-hydrogen) atoms. The molecule has 1 N–H and O–H groups in total. The van der Waals surface area contributed by atoms with Crippen LogP contribution in [0.3, 0.4) is 0 Å². The normalized spacial score (nSPS) is 16.0. The fraction of sp³-hybridized carbons (Fsp3) is 0.455. The predicted octanol–water partition coefficient (Wildman–Crippen LogP) is 3.25. The van der Waals surface area contributed by atoms with Crippen molar-refractivity contribution in [1.82, 2.24) is 4.98 Å². The quantitative estimate of drug-likeness (QED) is 0.851. The van der Waals surface area contributed by atoms with Gasteiger partial charge in [0.2, 0.25) is 6.19 Å². The number of nitriles is 1. The molecule has 8 heteroatoms. The van der Waals surface area contributed by atoms with Gasteiger partial charge in [-0.05, 0) is 31.1 Å². The van der Waals surface area contributed by atoms with E-state index in [9.17, 15) is 17.7 Å². The minimum absolute atomic E-state index is 0.404. The zero-order chi connectivity index (χ0) is 14.9. The Morgan fingerprint density at radius 3 is 2.37 bits per heavy atom. The highest BCUT2D eigenvalue weighted by Gasteiger charge is 2.34. The van der Waals surface area contributed by atoms with Crippen LogP contribution in [0.5, 0.6) is 0 Å². The number of aromatic nitrogens is 1. The second-order valence-electron chi connectivity index (χ2n) is 4.71. The Balaban J connectivity index is 3.21. The molecule has 0 unspecified atom stereocenters. The number of hydrogen-bond acceptors (Lipinski definition) is 3. The molecule has 0 aromatic carbocycles. The highest BCUT2D eigenvalue weighted by Crippen LogP contribution is 2.37. The first-order chi connectivity index (χ1) is 8.46. The molecular formula is C11H14F3N3OS. The second kappa shape index (κ2) is 4.58. The highest BCUT2D eigenvalue weighted by molar-refractivity contribution is 8.16. The molecule has 0 saturated heterocycles. The summed E-state index contributed by atoms with van der Waals surface area (Å²) in [4.78, 5) is 3.33. The molecule has 1 aromatic rings. The van der Waals surface area contributed by atoms with E-state index >= 15 is 0 Å². The summed E-state index contributed by atoms with van der Waals surface area (Å²) in [7, 11) is -3.38. The maximum Gasteiger partial charge on any atom is 0.433 e. The van der Waals surface area contributed by atoms with Gasteiger partial charge in [-0.1, -0.05) is 15.3 Å². The van der Waals surface area contributed by atoms with E-state index < -0.39 is 26.4 Å². The largest absolute Gasteiger partial charge is 0.433 e. The molecular weight excluding hydrogens is 279 g/mol. The lowest BCUT2D eigenvalue weighted by Gasteiger charge is -2.39. The molecule has 0 amide bonds. The Morgan fingerprint density at radius 1 is 1.42 bits per heavy atom. The summed E-state index contributed by atoms with van der Waals surface area (Å²) in [6.45, 7) is 1.60. The Labute approximate surface area is 109 Å². The lowest BCUT2D eigenvalue weighted by Crippen LogP contribution is -2.33. The third-order valence-electron chi connectivity index (χ3n) is 2.89. The van der Waals surface area contributed by atoms with Crippen molar-refractivity contribution in [3.8, 4) is 6.19 Å². The van der Waals surface area contributed by atoms with Crippen molar-refractivity contribution >= 4 is 9.24 Å². The molecule has 0 radical (unpaired) electrons. The Bertz CT molecular complexity index is 570. The third-order valence-corrected chi connectivity index (χ3v) is 5.84. The zero-order valence-electron chi connectivity index (χ0n) is 10.6. The molecule has 1 aromatic heterocycles. The van der Waals surface area contributed by atoms with Crippen LogP contribution in [-0.2, 0) is 15.4 Å². The summed E-state index contributed by atoms with van der Waals surface area (Å²) in [6, 6.07) is 2.09. The summed E-state index contributed by atoms with van der Waals surface area (Å²) < 4.78 is 51.1. The SMILES string of the molecule is C[C@H](c1ccc(C(F)(F)F)nc1)S(C)(C)(O)=NC#N. The van der Waals surface area contributed by atoms with Crippen LogP contribution in [0, 0.1) is 11.5 Å². The maximum absolute atomic E-state index is 12.4. The van der Waals surface area contributed by atoms with E-state index in [2.05, 4.69) is 9.35 Å². The van der Waals surface area contributed by atoms with Gasteiger partial charge in [0.25, 0.3) is 0 Å². The van der Waals surface area contributed by atoms with Crippen molar-refractivity contribution in [3.05, 3.63) is 29.6 Å². The summed E-state index contributed by atoms with van der Waals surface area (Å²) in [6.07, 6.45) is 0.979. The molecule has 0 saturated carbocycles. The summed E-state index contributed by atoms with van der Waals surface area (Å²) >= 11 is 0. The number of halogens is 3. The van der Waals surface area contributed by atoms with Crippen LogP contribution in [0.1, 0.15) is 23.4 Å². The Hall–Kier alpha value is -1.46. The molecule has 0 aliphatic carbocycles. The zero-order valence-corrected chi connectivity index (χ0v) is 11.5. The van der Waals surface area contributed by atoms with E-state index in [0.717, 1.165) is 12.3 Å². The van der Waals surface area contributed by atoms with E-state index in [4.69, 9.17) is 5.26 Å². The Kier molecular flexibility index (Phi) is 3.76. The smallest absolute Gasteiger partial charge is 0.341 e. The van der Waals surface area contributed by atoms with Crippen LogP contribution in [0.15, 0.2) is 22.7 Å². The first kappa shape index (κ1) is 15.6. The van der Waals surface area contributed by atoms with Crippen LogP contribution in [0.4, 0.5) is 13.2 Å². The van der Waals surface area contributed by atoms with Gasteiger partial charge in [0.15, 0.2) is 0 Å². The van der Waals surface area contributed by atoms with E-state index in [1.54, 1.807) is 13.1 Å². The van der Waals surface area contributed by atoms with Gasteiger partial charge < -0.3 is 4.55 Å². The van der Waals surface area contributed by atoms with Gasteiger partial charge in [0.1, 0.15) is 5.69 Å². The topological polar surface area (TPSA) is 69.3 Å². The van der Waals surface area contributed by atoms with Gasteiger partial charge in [-0.3, -0.25) is 4.98 Å². The van der Waals surface area contributed by atoms with Crippen molar-refractivity contribution in [2.45, 2.75) is 18.3 Å². The molecule has 0 bridgehead atoms. The van der Waals surface area contributed by atoms with Gasteiger partial charge in [0, 0.05) is 11.4 Å². The molecule has 0 aliphatic heterocycles. The van der Waals surface area contributed by atoms with Gasteiger partial charge >= 0.3 is 6.18 Å². The van der Waals surface area contributed by atoms with E-state index in [-0.39, 0.29) is 0 Å². The monoisotopic (exact) mass is 293 g/mol.